The van der Waals surface area contributed by atoms with E-state index in [-0.39, 0.29) is 27.4 Å². The van der Waals surface area contributed by atoms with Gasteiger partial charge in [-0.1, -0.05) is 41.9 Å². The molecule has 1 atom stereocenters. The number of sulfonamides is 1. The van der Waals surface area contributed by atoms with E-state index in [1.807, 2.05) is 30.3 Å². The largest absolute Gasteiger partial charge is 0.345 e. The SMILES string of the molecule is CN(C)S(=O)(=O)c1cc(C(=O)N[C@H](c2ccccc2)C2CC2)ccc1Cl. The van der Waals surface area contributed by atoms with Crippen LogP contribution in [0.4, 0.5) is 0 Å². The molecule has 26 heavy (non-hydrogen) atoms. The molecule has 1 aliphatic rings. The van der Waals surface area contributed by atoms with Crippen LogP contribution in [-0.4, -0.2) is 32.7 Å². The van der Waals surface area contributed by atoms with E-state index in [4.69, 9.17) is 11.6 Å². The lowest BCUT2D eigenvalue weighted by Crippen LogP contribution is -2.30. The predicted octanol–water partition coefficient (Wildman–Crippen LogP) is 3.47. The van der Waals surface area contributed by atoms with E-state index in [1.165, 1.54) is 26.2 Å². The highest BCUT2D eigenvalue weighted by Gasteiger charge is 2.33. The molecule has 3 rings (SSSR count). The number of amides is 1. The first kappa shape index (κ1) is 18.9. The van der Waals surface area contributed by atoms with Crippen LogP contribution in [0.2, 0.25) is 5.02 Å². The number of hydrogen-bond donors (Lipinski definition) is 1. The highest BCUT2D eigenvalue weighted by Crippen LogP contribution is 2.41. The highest BCUT2D eigenvalue weighted by molar-refractivity contribution is 7.89. The molecule has 2 aromatic rings. The van der Waals surface area contributed by atoms with Gasteiger partial charge in [0.1, 0.15) is 4.90 Å². The molecule has 0 radical (unpaired) electrons. The van der Waals surface area contributed by atoms with E-state index in [0.717, 1.165) is 22.7 Å². The molecule has 0 bridgehead atoms. The predicted molar refractivity (Wildman–Crippen MR) is 102 cm³/mol. The summed E-state index contributed by atoms with van der Waals surface area (Å²) in [4.78, 5) is 12.7. The maximum atomic E-state index is 12.8. The van der Waals surface area contributed by atoms with Gasteiger partial charge in [-0.15, -0.1) is 0 Å². The Morgan fingerprint density at radius 1 is 1.15 bits per heavy atom. The first-order chi connectivity index (χ1) is 12.3. The van der Waals surface area contributed by atoms with Crippen LogP contribution >= 0.6 is 11.6 Å². The van der Waals surface area contributed by atoms with Gasteiger partial charge in [0.05, 0.1) is 11.1 Å². The van der Waals surface area contributed by atoms with Crippen LogP contribution in [0.1, 0.15) is 34.8 Å². The molecule has 2 aromatic carbocycles. The first-order valence-corrected chi connectivity index (χ1v) is 10.2. The van der Waals surface area contributed by atoms with Crippen molar-refractivity contribution in [3.8, 4) is 0 Å². The van der Waals surface area contributed by atoms with Crippen molar-refractivity contribution < 1.29 is 13.2 Å². The molecule has 1 saturated carbocycles. The second kappa shape index (κ2) is 7.39. The number of benzene rings is 2. The maximum absolute atomic E-state index is 12.8. The topological polar surface area (TPSA) is 66.5 Å². The first-order valence-electron chi connectivity index (χ1n) is 8.38. The summed E-state index contributed by atoms with van der Waals surface area (Å²) < 4.78 is 25.9. The van der Waals surface area contributed by atoms with Crippen molar-refractivity contribution in [2.24, 2.45) is 5.92 Å². The molecule has 0 aliphatic heterocycles. The Balaban J connectivity index is 1.88. The van der Waals surface area contributed by atoms with E-state index >= 15 is 0 Å². The highest BCUT2D eigenvalue weighted by atomic mass is 35.5. The molecular formula is C19H21ClN2O3S. The molecule has 1 aliphatic carbocycles. The van der Waals surface area contributed by atoms with E-state index in [0.29, 0.717) is 5.92 Å². The fourth-order valence-electron chi connectivity index (χ4n) is 2.83. The zero-order valence-electron chi connectivity index (χ0n) is 14.6. The van der Waals surface area contributed by atoms with E-state index < -0.39 is 10.0 Å². The van der Waals surface area contributed by atoms with Gasteiger partial charge in [-0.05, 0) is 42.5 Å². The molecule has 0 saturated heterocycles. The third kappa shape index (κ3) is 3.92. The summed E-state index contributed by atoms with van der Waals surface area (Å²) in [5.74, 6) is 0.108. The Bertz CT molecular complexity index is 910. The number of hydrogen-bond acceptors (Lipinski definition) is 3. The minimum absolute atomic E-state index is 0.0699. The summed E-state index contributed by atoms with van der Waals surface area (Å²) in [6.45, 7) is 0. The third-order valence-corrected chi connectivity index (χ3v) is 6.79. The normalized spacial score (nSPS) is 15.7. The molecule has 0 aromatic heterocycles. The molecule has 1 amide bonds. The average Bonchev–Trinajstić information content (AvgIpc) is 3.45. The molecule has 0 unspecified atom stereocenters. The molecule has 1 fully saturated rings. The standard InChI is InChI=1S/C19H21ClN2O3S/c1-22(2)26(24,25)17-12-15(10-11-16(17)20)19(23)21-18(14-8-9-14)13-6-4-3-5-7-13/h3-7,10-12,14,18H,8-9H2,1-2H3,(H,21,23)/t18-/m1/s1. The lowest BCUT2D eigenvalue weighted by atomic mass is 10.0. The molecule has 138 valence electrons. The van der Waals surface area contributed by atoms with Crippen LogP contribution in [-0.2, 0) is 10.0 Å². The lowest BCUT2D eigenvalue weighted by molar-refractivity contribution is 0.0931. The van der Waals surface area contributed by atoms with Crippen molar-refractivity contribution in [3.63, 3.8) is 0 Å². The van der Waals surface area contributed by atoms with Gasteiger partial charge < -0.3 is 5.32 Å². The Morgan fingerprint density at radius 3 is 2.38 bits per heavy atom. The number of nitrogens with one attached hydrogen (secondary N) is 1. The van der Waals surface area contributed by atoms with Crippen LogP contribution in [0, 0.1) is 5.92 Å². The van der Waals surface area contributed by atoms with Gasteiger partial charge in [0.25, 0.3) is 5.91 Å². The summed E-state index contributed by atoms with van der Waals surface area (Å²) >= 11 is 6.05. The maximum Gasteiger partial charge on any atom is 0.251 e. The van der Waals surface area contributed by atoms with Crippen LogP contribution in [0.5, 0.6) is 0 Å². The molecular weight excluding hydrogens is 372 g/mol. The van der Waals surface area contributed by atoms with E-state index in [9.17, 15) is 13.2 Å². The summed E-state index contributed by atoms with van der Waals surface area (Å²) in [6.07, 6.45) is 2.14. The number of nitrogens with zero attached hydrogens (tertiary/aromatic N) is 1. The van der Waals surface area contributed by atoms with Crippen molar-refractivity contribution in [3.05, 3.63) is 64.7 Å². The summed E-state index contributed by atoms with van der Waals surface area (Å²) in [7, 11) is -0.872. The summed E-state index contributed by atoms with van der Waals surface area (Å²) in [5.41, 5.74) is 1.33. The van der Waals surface area contributed by atoms with Gasteiger partial charge in [-0.25, -0.2) is 12.7 Å². The fourth-order valence-corrected chi connectivity index (χ4v) is 4.22. The second-order valence-corrected chi connectivity index (χ2v) is 9.16. The van der Waals surface area contributed by atoms with Gasteiger partial charge in [0.15, 0.2) is 0 Å². The minimum atomic E-state index is -3.73. The zero-order chi connectivity index (χ0) is 18.9. The van der Waals surface area contributed by atoms with Gasteiger partial charge in [0.2, 0.25) is 10.0 Å². The molecule has 0 heterocycles. The van der Waals surface area contributed by atoms with Crippen molar-refractivity contribution in [2.75, 3.05) is 14.1 Å². The number of halogens is 1. The molecule has 5 nitrogen and oxygen atoms in total. The van der Waals surface area contributed by atoms with Gasteiger partial charge in [-0.2, -0.15) is 0 Å². The van der Waals surface area contributed by atoms with E-state index in [2.05, 4.69) is 5.32 Å². The van der Waals surface area contributed by atoms with Crippen LogP contribution in [0.3, 0.4) is 0 Å². The fraction of sp³-hybridized carbons (Fsp3) is 0.316. The Kier molecular flexibility index (Phi) is 5.37. The van der Waals surface area contributed by atoms with Crippen molar-refractivity contribution in [1.29, 1.82) is 0 Å². The Labute approximate surface area is 159 Å². The third-order valence-electron chi connectivity index (χ3n) is 4.49. The monoisotopic (exact) mass is 392 g/mol. The zero-order valence-corrected chi connectivity index (χ0v) is 16.2. The summed E-state index contributed by atoms with van der Waals surface area (Å²) in [5, 5.41) is 3.14. The average molecular weight is 393 g/mol. The van der Waals surface area contributed by atoms with Gasteiger partial charge in [0, 0.05) is 19.7 Å². The van der Waals surface area contributed by atoms with Crippen LogP contribution in [0.25, 0.3) is 0 Å². The lowest BCUT2D eigenvalue weighted by Gasteiger charge is -2.19. The van der Waals surface area contributed by atoms with Gasteiger partial charge >= 0.3 is 0 Å². The van der Waals surface area contributed by atoms with E-state index in [1.54, 1.807) is 6.07 Å². The molecule has 0 spiro atoms. The summed E-state index contributed by atoms with van der Waals surface area (Å²) in [6, 6.07) is 14.1. The van der Waals surface area contributed by atoms with Crippen molar-refractivity contribution in [1.82, 2.24) is 9.62 Å². The van der Waals surface area contributed by atoms with Crippen LogP contribution in [0.15, 0.2) is 53.4 Å². The van der Waals surface area contributed by atoms with Crippen molar-refractivity contribution in [2.45, 2.75) is 23.8 Å². The smallest absolute Gasteiger partial charge is 0.251 e. The van der Waals surface area contributed by atoms with Crippen molar-refractivity contribution >= 4 is 27.5 Å². The number of carbonyl (C=O) groups is 1. The Hall–Kier alpha value is -1.89. The molecule has 1 N–H and O–H groups in total. The quantitative estimate of drug-likeness (QED) is 0.818. The van der Waals surface area contributed by atoms with Crippen LogP contribution < -0.4 is 5.32 Å². The second-order valence-electron chi connectivity index (χ2n) is 6.63. The Morgan fingerprint density at radius 2 is 1.81 bits per heavy atom. The number of rotatable bonds is 6. The number of carbonyl (C=O) groups excluding carboxylic acids is 1. The van der Waals surface area contributed by atoms with Gasteiger partial charge in [-0.3, -0.25) is 4.79 Å². The molecule has 7 heteroatoms. The minimum Gasteiger partial charge on any atom is -0.345 e.